The number of hydrogen-bond acceptors (Lipinski definition) is 9. The van der Waals surface area contributed by atoms with Crippen LogP contribution in [0.4, 0.5) is 0 Å². The molecule has 0 aliphatic carbocycles. The zero-order valence-corrected chi connectivity index (χ0v) is 57.2. The first kappa shape index (κ1) is 80.0. The Kier molecular flexibility index (Phi) is 39.5. The highest BCUT2D eigenvalue weighted by molar-refractivity contribution is 7.85. The maximum absolute atomic E-state index is 10.7. The highest BCUT2D eigenvalue weighted by Crippen LogP contribution is 2.17. The average Bonchev–Trinajstić information content (AvgIpc) is 3.69. The van der Waals surface area contributed by atoms with Gasteiger partial charge in [0.1, 0.15) is 6.29 Å². The summed E-state index contributed by atoms with van der Waals surface area (Å²) < 4.78 is 26.2. The normalized spacial score (nSPS) is 10.3. The molecule has 90 heavy (non-hydrogen) atoms. The molecule has 7 rings (SSSR count). The minimum Gasteiger partial charge on any atom is -0.481 e. The van der Waals surface area contributed by atoms with Crippen LogP contribution in [-0.4, -0.2) is 74.5 Å². The van der Waals surface area contributed by atoms with Crippen molar-refractivity contribution in [2.45, 2.75) is 161 Å². The number of carbonyl (C=O) groups is 3. The Hall–Kier alpha value is -7.97. The maximum atomic E-state index is 10.7. The first-order valence-electron chi connectivity index (χ1n) is 30.7. The third-order valence-corrected chi connectivity index (χ3v) is 15.0. The van der Waals surface area contributed by atoms with Gasteiger partial charge in [-0.25, -0.2) is 4.79 Å². The smallest absolute Gasteiger partial charge is 0.328 e. The molecule has 0 atom stereocenters. The molecule has 0 spiro atoms. The number of aldehydes is 1. The summed E-state index contributed by atoms with van der Waals surface area (Å²) in [5, 5.41) is 29.1. The number of carboxylic acid groups (broad SMARTS) is 2. The lowest BCUT2D eigenvalue weighted by Crippen LogP contribution is -2.05. The Balaban J connectivity index is 0.000000527. The fourth-order valence-corrected chi connectivity index (χ4v) is 9.85. The Bertz CT molecular complexity index is 3470. The van der Waals surface area contributed by atoms with Gasteiger partial charge in [0.15, 0.2) is 0 Å². The first-order chi connectivity index (χ1) is 42.5. The molecule has 7 aromatic rings. The number of carboxylic acids is 2. The van der Waals surface area contributed by atoms with Crippen LogP contribution in [0.25, 0.3) is 16.5 Å². The van der Waals surface area contributed by atoms with E-state index in [1.165, 1.54) is 89.0 Å². The monoisotopic (exact) mass is 1250 g/mol. The summed E-state index contributed by atoms with van der Waals surface area (Å²) in [6, 6.07) is 43.6. The number of aliphatic hydroxyl groups excluding tert-OH is 1. The van der Waals surface area contributed by atoms with E-state index in [9.17, 15) is 22.8 Å². The number of nitrogens with zero attached hydrogens (tertiary/aromatic N) is 3. The third-order valence-electron chi connectivity index (χ3n) is 14.4. The Morgan fingerprint density at radius 2 is 0.833 bits per heavy atom. The van der Waals surface area contributed by atoms with E-state index >= 15 is 0 Å². The van der Waals surface area contributed by atoms with Crippen molar-refractivity contribution >= 4 is 34.4 Å². The lowest BCUT2D eigenvalue weighted by molar-refractivity contribution is -0.137. The van der Waals surface area contributed by atoms with Crippen molar-refractivity contribution in [3.8, 4) is 0 Å². The second-order valence-electron chi connectivity index (χ2n) is 23.0. The third kappa shape index (κ3) is 36.5. The molecule has 0 unspecified atom stereocenters. The van der Waals surface area contributed by atoms with Gasteiger partial charge in [-0.1, -0.05) is 171 Å². The molecule has 13 nitrogen and oxygen atoms in total. The van der Waals surface area contributed by atoms with Gasteiger partial charge >= 0.3 is 11.9 Å². The molecule has 486 valence electrons. The predicted molar refractivity (Wildman–Crippen MR) is 374 cm³/mol. The summed E-state index contributed by atoms with van der Waals surface area (Å²) in [7, 11) is -3.30. The molecule has 0 heterocycles. The molecule has 0 bridgehead atoms. The number of rotatable bonds is 21. The van der Waals surface area contributed by atoms with Gasteiger partial charge in [0.25, 0.3) is 10.1 Å². The minimum atomic E-state index is -3.30. The van der Waals surface area contributed by atoms with Crippen LogP contribution >= 0.6 is 0 Å². The molecule has 14 heteroatoms. The summed E-state index contributed by atoms with van der Waals surface area (Å²) in [4.78, 5) is 33.7. The van der Waals surface area contributed by atoms with Crippen LogP contribution in [0.15, 0.2) is 139 Å². The van der Waals surface area contributed by atoms with Crippen molar-refractivity contribution in [1.29, 1.82) is 0 Å². The van der Waals surface area contributed by atoms with Crippen LogP contribution < -0.4 is 5.73 Å². The van der Waals surface area contributed by atoms with Gasteiger partial charge in [-0.05, 0) is 245 Å². The van der Waals surface area contributed by atoms with E-state index < -0.39 is 22.1 Å². The van der Waals surface area contributed by atoms with Crippen molar-refractivity contribution in [3.63, 3.8) is 0 Å². The molecule has 7 aromatic carbocycles. The second kappa shape index (κ2) is 44.5. The van der Waals surface area contributed by atoms with Crippen LogP contribution in [0, 0.1) is 96.9 Å². The summed E-state index contributed by atoms with van der Waals surface area (Å²) in [5.74, 6) is -1.65. The molecule has 0 amide bonds. The molecular formula is C76H102N4O9S. The number of hydrogen-bond donors (Lipinski definition) is 4. The van der Waals surface area contributed by atoms with Crippen molar-refractivity contribution in [2.24, 2.45) is 10.8 Å². The lowest BCUT2D eigenvalue weighted by Gasteiger charge is -2.06. The lowest BCUT2D eigenvalue weighted by atomic mass is 10.0. The van der Waals surface area contributed by atoms with Crippen molar-refractivity contribution in [3.05, 3.63) is 261 Å². The van der Waals surface area contributed by atoms with Crippen LogP contribution in [0.1, 0.15) is 154 Å². The summed E-state index contributed by atoms with van der Waals surface area (Å²) in [6.45, 7) is 30.8. The fraction of sp³-hybridized carbons (Fsp3) is 0.382. The SMILES string of the molecule is Cc1ccc(/C=C/C(=O)O)c(C)c1.Cc1ccc(C=O)c(C)c1.Cc1ccc(CCC(=O)O)c(C)c1.Cc1ccc(CCCN)c(C)c1.Cc1ccc(CCCN=[N+]=[N-])c(C)c1.Cc1ccc(CCCO)c(C)c1.Cc1ccc(CCCOS(C)(=O)=O)c(C)c1. The predicted octanol–water partition coefficient (Wildman–Crippen LogP) is 17.0. The van der Waals surface area contributed by atoms with E-state index in [1.807, 2.05) is 90.1 Å². The molecular weight excluding hydrogens is 1140 g/mol. The van der Waals surface area contributed by atoms with E-state index in [1.54, 1.807) is 6.08 Å². The van der Waals surface area contributed by atoms with Crippen LogP contribution in [0.2, 0.25) is 0 Å². The molecule has 0 fully saturated rings. The van der Waals surface area contributed by atoms with E-state index in [-0.39, 0.29) is 19.6 Å². The Labute approximate surface area is 539 Å². The standard InChI is InChI=1S/C12H18O3S.C11H15N3.C11H17N.C11H14O2.C11H12O2.C11H16O.C9H10O/c1-10-6-7-12(11(2)9-10)5-4-8-15-16(3,13)14;1-9-5-6-11(10(2)8-9)4-3-7-13-14-12;1-9-5-6-11(4-3-7-12)10(2)8-9;2*1-8-3-4-10(9(2)7-8)5-6-11(12)13;1-9-5-6-11(4-3-7-12)10(2)8-9;1-7-3-4-9(6-10)8(2)5-7/h6-7,9H,4-5,8H2,1-3H3;5-6,8H,3-4,7H2,1-2H3;5-6,8H,3-4,7,12H2,1-2H3;3-4,7H,5-6H2,1-2H3,(H,12,13);3-7H,1-2H3,(H,12,13);5-6,8,12H,3-4,7H2,1-2H3;3-6H,1-2H3/b;;;;6-5+;;. The van der Waals surface area contributed by atoms with E-state index in [0.29, 0.717) is 13.0 Å². The fourth-order valence-electron chi connectivity index (χ4n) is 9.42. The van der Waals surface area contributed by atoms with E-state index in [0.717, 1.165) is 104 Å². The van der Waals surface area contributed by atoms with Crippen molar-refractivity contribution in [1.82, 2.24) is 0 Å². The quantitative estimate of drug-likeness (QED) is 0.0101. The zero-order chi connectivity index (χ0) is 67.8. The summed E-state index contributed by atoms with van der Waals surface area (Å²) >= 11 is 0. The van der Waals surface area contributed by atoms with E-state index in [2.05, 4.69) is 148 Å². The number of nitrogens with two attached hydrogens (primary N) is 1. The largest absolute Gasteiger partial charge is 0.481 e. The van der Waals surface area contributed by atoms with Gasteiger partial charge in [-0.2, -0.15) is 8.42 Å². The second-order valence-corrected chi connectivity index (χ2v) is 24.6. The Morgan fingerprint density at radius 1 is 0.500 bits per heavy atom. The molecule has 0 aliphatic heterocycles. The van der Waals surface area contributed by atoms with E-state index in [4.69, 9.17) is 26.6 Å². The van der Waals surface area contributed by atoms with Crippen molar-refractivity contribution < 1.29 is 42.3 Å². The number of aryl methyl sites for hydroxylation is 19. The number of aliphatic carboxylic acids is 2. The van der Waals surface area contributed by atoms with Crippen LogP contribution in [0.5, 0.6) is 0 Å². The molecule has 0 aromatic heterocycles. The summed E-state index contributed by atoms with van der Waals surface area (Å²) in [5.41, 5.74) is 39.2. The van der Waals surface area contributed by atoms with Gasteiger partial charge in [-0.3, -0.25) is 13.8 Å². The minimum absolute atomic E-state index is 0.212. The number of benzene rings is 7. The molecule has 5 N–H and O–H groups in total. The molecule has 0 saturated heterocycles. The summed E-state index contributed by atoms with van der Waals surface area (Å²) in [6.07, 6.45) is 13.1. The Morgan fingerprint density at radius 3 is 1.14 bits per heavy atom. The van der Waals surface area contributed by atoms with Gasteiger partial charge < -0.3 is 21.1 Å². The zero-order valence-electron chi connectivity index (χ0n) is 56.4. The van der Waals surface area contributed by atoms with Gasteiger partial charge in [0.2, 0.25) is 0 Å². The van der Waals surface area contributed by atoms with Crippen LogP contribution in [-0.2, 0) is 56.0 Å². The highest BCUT2D eigenvalue weighted by Gasteiger charge is 2.05. The van der Waals surface area contributed by atoms with Crippen molar-refractivity contribution in [2.75, 3.05) is 32.6 Å². The average molecular weight is 1250 g/mol. The van der Waals surface area contributed by atoms with Gasteiger partial charge in [-0.15, -0.1) is 0 Å². The van der Waals surface area contributed by atoms with Crippen LogP contribution in [0.3, 0.4) is 0 Å². The number of azide groups is 1. The number of carbonyl (C=O) groups excluding carboxylic acids is 1. The van der Waals surface area contributed by atoms with Gasteiger partial charge in [0, 0.05) is 36.1 Å². The first-order valence-corrected chi connectivity index (χ1v) is 32.5. The number of aliphatic hydroxyl groups is 1. The maximum Gasteiger partial charge on any atom is 0.328 e. The highest BCUT2D eigenvalue weighted by atomic mass is 32.2. The topological polar surface area (TPSA) is 230 Å². The molecule has 0 radical (unpaired) electrons. The van der Waals surface area contributed by atoms with Gasteiger partial charge in [0.05, 0.1) is 12.9 Å². The molecule has 0 saturated carbocycles. The molecule has 0 aliphatic rings.